The van der Waals surface area contributed by atoms with Gasteiger partial charge < -0.3 is 5.73 Å². The van der Waals surface area contributed by atoms with E-state index in [2.05, 4.69) is 18.8 Å². The average Bonchev–Trinajstić information content (AvgIpc) is 2.81. The van der Waals surface area contributed by atoms with Gasteiger partial charge in [-0.2, -0.15) is 0 Å². The Balaban J connectivity index is 2.21. The summed E-state index contributed by atoms with van der Waals surface area (Å²) in [7, 11) is 0. The van der Waals surface area contributed by atoms with Gasteiger partial charge >= 0.3 is 0 Å². The minimum Gasteiger partial charge on any atom is -0.330 e. The third-order valence-electron chi connectivity index (χ3n) is 2.99. The van der Waals surface area contributed by atoms with E-state index in [1.54, 1.807) is 16.2 Å². The highest BCUT2D eigenvalue weighted by Gasteiger charge is 2.31. The van der Waals surface area contributed by atoms with Crippen LogP contribution in [0.15, 0.2) is 0 Å². The van der Waals surface area contributed by atoms with Crippen LogP contribution in [0.25, 0.3) is 0 Å². The quantitative estimate of drug-likeness (QED) is 0.865. The summed E-state index contributed by atoms with van der Waals surface area (Å²) in [6.45, 7) is 5.44. The molecule has 0 aromatic carbocycles. The first-order valence-electron chi connectivity index (χ1n) is 5.62. The van der Waals surface area contributed by atoms with E-state index in [-0.39, 0.29) is 5.91 Å². The third kappa shape index (κ3) is 1.97. The zero-order valence-electron chi connectivity index (χ0n) is 9.69. The van der Waals surface area contributed by atoms with Crippen molar-refractivity contribution in [2.24, 2.45) is 11.7 Å². The molecule has 1 aliphatic rings. The minimum absolute atomic E-state index is 0.159. The van der Waals surface area contributed by atoms with E-state index in [1.807, 2.05) is 0 Å². The van der Waals surface area contributed by atoms with Gasteiger partial charge in [-0.1, -0.05) is 6.92 Å². The van der Waals surface area contributed by atoms with Gasteiger partial charge in [-0.05, 0) is 25.8 Å². The Morgan fingerprint density at radius 2 is 2.38 bits per heavy atom. The first-order valence-corrected chi connectivity index (χ1v) is 6.44. The summed E-state index contributed by atoms with van der Waals surface area (Å²) in [5.41, 5.74) is 6.70. The van der Waals surface area contributed by atoms with E-state index in [0.29, 0.717) is 18.9 Å². The van der Waals surface area contributed by atoms with Gasteiger partial charge in [0.25, 0.3) is 0 Å². The first kappa shape index (κ1) is 11.5. The van der Waals surface area contributed by atoms with Crippen LogP contribution in [0.1, 0.15) is 23.9 Å². The molecule has 2 rings (SSSR count). The monoisotopic (exact) mass is 239 g/mol. The molecule has 0 spiro atoms. The van der Waals surface area contributed by atoms with Gasteiger partial charge in [0.1, 0.15) is 0 Å². The van der Waals surface area contributed by atoms with Crippen LogP contribution in [0.2, 0.25) is 0 Å². The van der Waals surface area contributed by atoms with Crippen molar-refractivity contribution in [1.29, 1.82) is 0 Å². The van der Waals surface area contributed by atoms with E-state index < -0.39 is 0 Å². The molecule has 1 aliphatic heterocycles. The van der Waals surface area contributed by atoms with Crippen molar-refractivity contribution in [3.8, 4) is 0 Å². The second kappa shape index (κ2) is 4.51. The lowest BCUT2D eigenvalue weighted by Gasteiger charge is -2.11. The van der Waals surface area contributed by atoms with Crippen molar-refractivity contribution in [2.45, 2.75) is 26.7 Å². The molecular formula is C11H17N3OS. The van der Waals surface area contributed by atoms with E-state index in [9.17, 15) is 4.79 Å². The van der Waals surface area contributed by atoms with Crippen LogP contribution >= 0.6 is 11.3 Å². The zero-order chi connectivity index (χ0) is 11.7. The van der Waals surface area contributed by atoms with Gasteiger partial charge in [-0.15, -0.1) is 11.3 Å². The molecule has 1 aromatic rings. The first-order chi connectivity index (χ1) is 7.65. The van der Waals surface area contributed by atoms with Crippen molar-refractivity contribution < 1.29 is 4.79 Å². The van der Waals surface area contributed by atoms with Crippen LogP contribution in [0.5, 0.6) is 0 Å². The second-order valence-corrected chi connectivity index (χ2v) is 5.34. The Morgan fingerprint density at radius 1 is 1.62 bits per heavy atom. The molecule has 1 fully saturated rings. The smallest absolute Gasteiger partial charge is 0.229 e. The lowest BCUT2D eigenvalue weighted by Crippen LogP contribution is -2.25. The fourth-order valence-corrected chi connectivity index (χ4v) is 3.00. The maximum absolute atomic E-state index is 11.8. The summed E-state index contributed by atoms with van der Waals surface area (Å²) in [4.78, 5) is 19.3. The molecule has 1 unspecified atom stereocenters. The standard InChI is InChI=1S/C11H17N3OS/c1-3-9-7(2)16-11(13-9)14-6-8(5-12)4-10(14)15/h8H,3-6,12H2,1-2H3. The van der Waals surface area contributed by atoms with Crippen LogP contribution in [-0.2, 0) is 11.2 Å². The predicted molar refractivity (Wildman–Crippen MR) is 65.7 cm³/mol. The summed E-state index contributed by atoms with van der Waals surface area (Å²) in [5.74, 6) is 0.452. The Kier molecular flexibility index (Phi) is 3.25. The topological polar surface area (TPSA) is 59.2 Å². The molecule has 4 nitrogen and oxygen atoms in total. The number of amides is 1. The molecule has 5 heteroatoms. The molecule has 0 saturated carbocycles. The Hall–Kier alpha value is -0.940. The summed E-state index contributed by atoms with van der Waals surface area (Å²) in [5, 5.41) is 0.843. The molecular weight excluding hydrogens is 222 g/mol. The predicted octanol–water partition coefficient (Wildman–Crippen LogP) is 1.33. The Bertz CT molecular complexity index is 402. The number of hydrogen-bond donors (Lipinski definition) is 1. The van der Waals surface area contributed by atoms with Gasteiger partial charge in [-0.25, -0.2) is 4.98 Å². The molecule has 2 N–H and O–H groups in total. The lowest BCUT2D eigenvalue weighted by atomic mass is 10.1. The van der Waals surface area contributed by atoms with E-state index in [4.69, 9.17) is 5.73 Å². The van der Waals surface area contributed by atoms with Crippen molar-refractivity contribution in [2.75, 3.05) is 18.0 Å². The number of nitrogens with zero attached hydrogens (tertiary/aromatic N) is 2. The van der Waals surface area contributed by atoms with Crippen LogP contribution in [0.3, 0.4) is 0 Å². The zero-order valence-corrected chi connectivity index (χ0v) is 10.5. The van der Waals surface area contributed by atoms with E-state index in [0.717, 1.165) is 23.8 Å². The number of thiazole rings is 1. The highest BCUT2D eigenvalue weighted by molar-refractivity contribution is 7.15. The van der Waals surface area contributed by atoms with Gasteiger partial charge in [0.2, 0.25) is 5.91 Å². The lowest BCUT2D eigenvalue weighted by molar-refractivity contribution is -0.117. The number of carbonyl (C=O) groups excluding carboxylic acids is 1. The van der Waals surface area contributed by atoms with Crippen LogP contribution < -0.4 is 10.6 Å². The number of rotatable bonds is 3. The fourth-order valence-electron chi connectivity index (χ4n) is 1.98. The molecule has 0 radical (unpaired) electrons. The largest absolute Gasteiger partial charge is 0.330 e. The van der Waals surface area contributed by atoms with Crippen molar-refractivity contribution in [1.82, 2.24) is 4.98 Å². The van der Waals surface area contributed by atoms with Gasteiger partial charge in [0.15, 0.2) is 5.13 Å². The highest BCUT2D eigenvalue weighted by atomic mass is 32.1. The van der Waals surface area contributed by atoms with Crippen LogP contribution in [-0.4, -0.2) is 24.0 Å². The number of hydrogen-bond acceptors (Lipinski definition) is 4. The molecule has 88 valence electrons. The van der Waals surface area contributed by atoms with Gasteiger partial charge in [0, 0.05) is 17.8 Å². The normalized spacial score (nSPS) is 20.8. The van der Waals surface area contributed by atoms with Crippen LogP contribution in [0.4, 0.5) is 5.13 Å². The SMILES string of the molecule is CCc1nc(N2CC(CN)CC2=O)sc1C. The summed E-state index contributed by atoms with van der Waals surface area (Å²) in [6.07, 6.45) is 1.49. The molecule has 1 aromatic heterocycles. The average molecular weight is 239 g/mol. The summed E-state index contributed by atoms with van der Waals surface area (Å²) < 4.78 is 0. The number of aromatic nitrogens is 1. The maximum atomic E-state index is 11.8. The van der Waals surface area contributed by atoms with Gasteiger partial charge in [-0.3, -0.25) is 9.69 Å². The van der Waals surface area contributed by atoms with Gasteiger partial charge in [0.05, 0.1) is 5.69 Å². The highest BCUT2D eigenvalue weighted by Crippen LogP contribution is 2.30. The molecule has 0 aliphatic carbocycles. The molecule has 0 bridgehead atoms. The van der Waals surface area contributed by atoms with E-state index in [1.165, 1.54) is 4.88 Å². The van der Waals surface area contributed by atoms with Crippen molar-refractivity contribution in [3.63, 3.8) is 0 Å². The molecule has 1 atom stereocenters. The number of anilines is 1. The van der Waals surface area contributed by atoms with Crippen LogP contribution in [0, 0.1) is 12.8 Å². The molecule has 1 amide bonds. The fraction of sp³-hybridized carbons (Fsp3) is 0.636. The second-order valence-electron chi connectivity index (χ2n) is 4.16. The maximum Gasteiger partial charge on any atom is 0.229 e. The summed E-state index contributed by atoms with van der Waals surface area (Å²) >= 11 is 1.61. The Morgan fingerprint density at radius 3 is 2.88 bits per heavy atom. The van der Waals surface area contributed by atoms with Crippen molar-refractivity contribution >= 4 is 22.4 Å². The molecule has 2 heterocycles. The third-order valence-corrected chi connectivity index (χ3v) is 4.02. The molecule has 16 heavy (non-hydrogen) atoms. The minimum atomic E-state index is 0.159. The molecule has 1 saturated heterocycles. The number of aryl methyl sites for hydroxylation is 2. The number of carbonyl (C=O) groups is 1. The number of nitrogens with two attached hydrogens (primary N) is 1. The Labute approximate surface area is 99.5 Å². The van der Waals surface area contributed by atoms with Crippen molar-refractivity contribution in [3.05, 3.63) is 10.6 Å². The van der Waals surface area contributed by atoms with E-state index >= 15 is 0 Å². The summed E-state index contributed by atoms with van der Waals surface area (Å²) in [6, 6.07) is 0.